The average molecular weight is 494 g/mol. The van der Waals surface area contributed by atoms with Gasteiger partial charge < -0.3 is 24.6 Å². The van der Waals surface area contributed by atoms with E-state index in [9.17, 15) is 9.59 Å². The van der Waals surface area contributed by atoms with Gasteiger partial charge in [0.2, 0.25) is 11.9 Å². The summed E-state index contributed by atoms with van der Waals surface area (Å²) in [6, 6.07) is 14.4. The number of hydrogen-bond donors (Lipinski definition) is 1. The number of anilines is 2. The average Bonchev–Trinajstić information content (AvgIpc) is 2.92. The van der Waals surface area contributed by atoms with E-state index in [4.69, 9.17) is 9.47 Å². The predicted octanol–water partition coefficient (Wildman–Crippen LogP) is 3.19. The molecule has 0 saturated carbocycles. The number of carbonyl (C=O) groups is 2. The number of carbonyl (C=O) groups excluding carboxylic acids is 2. The molecular formula is C25H27N5O4S. The van der Waals surface area contributed by atoms with E-state index in [1.807, 2.05) is 29.2 Å². The molecule has 1 N–H and O–H groups in total. The third-order valence-electron chi connectivity index (χ3n) is 5.55. The molecule has 4 rings (SSSR count). The van der Waals surface area contributed by atoms with Crippen LogP contribution in [-0.2, 0) is 4.79 Å². The van der Waals surface area contributed by atoms with Crippen LogP contribution >= 0.6 is 11.8 Å². The topological polar surface area (TPSA) is 96.9 Å². The van der Waals surface area contributed by atoms with Gasteiger partial charge in [0.1, 0.15) is 0 Å². The van der Waals surface area contributed by atoms with Crippen molar-refractivity contribution in [3.8, 4) is 11.5 Å². The predicted molar refractivity (Wildman–Crippen MR) is 135 cm³/mol. The molecule has 1 aromatic heterocycles. The van der Waals surface area contributed by atoms with Gasteiger partial charge in [0.25, 0.3) is 5.91 Å². The first-order chi connectivity index (χ1) is 17.1. The second-order valence-corrected chi connectivity index (χ2v) is 8.75. The molecule has 0 bridgehead atoms. The molecule has 3 aromatic rings. The Kier molecular flexibility index (Phi) is 8.04. The minimum Gasteiger partial charge on any atom is -0.493 e. The van der Waals surface area contributed by atoms with Crippen LogP contribution in [0.1, 0.15) is 10.4 Å². The number of rotatable bonds is 8. The van der Waals surface area contributed by atoms with Crippen LogP contribution in [0.4, 0.5) is 11.6 Å². The van der Waals surface area contributed by atoms with E-state index in [0.29, 0.717) is 54.9 Å². The number of piperazine rings is 1. The van der Waals surface area contributed by atoms with Crippen molar-refractivity contribution in [2.75, 3.05) is 56.4 Å². The maximum Gasteiger partial charge on any atom is 0.255 e. The SMILES string of the molecule is COc1ccc(NC(=O)CSc2ccccc2C(=O)N2CCN(c3ncccn3)CC2)cc1OC. The minimum atomic E-state index is -0.180. The van der Waals surface area contributed by atoms with E-state index in [2.05, 4.69) is 20.2 Å². The summed E-state index contributed by atoms with van der Waals surface area (Å²) < 4.78 is 10.5. The molecule has 1 aliphatic rings. The van der Waals surface area contributed by atoms with E-state index < -0.39 is 0 Å². The maximum atomic E-state index is 13.3. The van der Waals surface area contributed by atoms with Crippen LogP contribution in [0.25, 0.3) is 0 Å². The zero-order valence-electron chi connectivity index (χ0n) is 19.6. The Morgan fingerprint density at radius 1 is 0.943 bits per heavy atom. The lowest BCUT2D eigenvalue weighted by atomic mass is 10.2. The molecule has 10 heteroatoms. The molecule has 182 valence electrons. The lowest BCUT2D eigenvalue weighted by Crippen LogP contribution is -2.49. The molecule has 2 amide bonds. The van der Waals surface area contributed by atoms with E-state index in [-0.39, 0.29) is 17.6 Å². The summed E-state index contributed by atoms with van der Waals surface area (Å²) in [5.74, 6) is 1.74. The van der Waals surface area contributed by atoms with Crippen molar-refractivity contribution in [1.82, 2.24) is 14.9 Å². The lowest BCUT2D eigenvalue weighted by molar-refractivity contribution is -0.113. The number of hydrogen-bond acceptors (Lipinski definition) is 8. The van der Waals surface area contributed by atoms with Gasteiger partial charge in [-0.2, -0.15) is 0 Å². The molecule has 1 fully saturated rings. The number of aromatic nitrogens is 2. The van der Waals surface area contributed by atoms with E-state index in [1.165, 1.54) is 11.8 Å². The molecule has 35 heavy (non-hydrogen) atoms. The fourth-order valence-corrected chi connectivity index (χ4v) is 4.60. The van der Waals surface area contributed by atoms with Gasteiger partial charge in [0.15, 0.2) is 11.5 Å². The van der Waals surface area contributed by atoms with Crippen molar-refractivity contribution in [3.05, 3.63) is 66.5 Å². The highest BCUT2D eigenvalue weighted by molar-refractivity contribution is 8.00. The smallest absolute Gasteiger partial charge is 0.255 e. The Morgan fingerprint density at radius 3 is 2.37 bits per heavy atom. The first kappa shape index (κ1) is 24.3. The molecular weight excluding hydrogens is 466 g/mol. The summed E-state index contributed by atoms with van der Waals surface area (Å²) >= 11 is 1.34. The van der Waals surface area contributed by atoms with Gasteiger partial charge in [-0.05, 0) is 30.3 Å². The van der Waals surface area contributed by atoms with Crippen molar-refractivity contribution in [3.63, 3.8) is 0 Å². The molecule has 1 aliphatic heterocycles. The zero-order valence-corrected chi connectivity index (χ0v) is 20.5. The lowest BCUT2D eigenvalue weighted by Gasteiger charge is -2.35. The molecule has 2 aromatic carbocycles. The molecule has 0 spiro atoms. The third kappa shape index (κ3) is 6.02. The largest absolute Gasteiger partial charge is 0.493 e. The number of amides is 2. The maximum absolute atomic E-state index is 13.3. The fraction of sp³-hybridized carbons (Fsp3) is 0.280. The molecule has 1 saturated heterocycles. The van der Waals surface area contributed by atoms with Crippen molar-refractivity contribution < 1.29 is 19.1 Å². The molecule has 0 radical (unpaired) electrons. The Bertz CT molecular complexity index is 1170. The highest BCUT2D eigenvalue weighted by Crippen LogP contribution is 2.30. The monoisotopic (exact) mass is 493 g/mol. The molecule has 0 unspecified atom stereocenters. The van der Waals surface area contributed by atoms with Crippen LogP contribution < -0.4 is 19.7 Å². The fourth-order valence-electron chi connectivity index (χ4n) is 3.76. The number of thioether (sulfide) groups is 1. The number of methoxy groups -OCH3 is 2. The molecule has 2 heterocycles. The Labute approximate surface area is 208 Å². The van der Waals surface area contributed by atoms with E-state index >= 15 is 0 Å². The van der Waals surface area contributed by atoms with Crippen LogP contribution in [0.15, 0.2) is 65.8 Å². The van der Waals surface area contributed by atoms with Crippen molar-refractivity contribution in [2.45, 2.75) is 4.90 Å². The van der Waals surface area contributed by atoms with Gasteiger partial charge in [-0.15, -0.1) is 11.8 Å². The number of ether oxygens (including phenoxy) is 2. The van der Waals surface area contributed by atoms with Gasteiger partial charge in [-0.25, -0.2) is 9.97 Å². The summed E-state index contributed by atoms with van der Waals surface area (Å²) in [5.41, 5.74) is 1.21. The van der Waals surface area contributed by atoms with Gasteiger partial charge in [-0.3, -0.25) is 9.59 Å². The summed E-state index contributed by atoms with van der Waals surface area (Å²) in [6.07, 6.45) is 3.43. The summed E-state index contributed by atoms with van der Waals surface area (Å²) in [4.78, 5) is 39.1. The van der Waals surface area contributed by atoms with Gasteiger partial charge in [0.05, 0.1) is 25.5 Å². The first-order valence-corrected chi connectivity index (χ1v) is 12.1. The summed E-state index contributed by atoms with van der Waals surface area (Å²) in [7, 11) is 3.10. The van der Waals surface area contributed by atoms with Gasteiger partial charge >= 0.3 is 0 Å². The third-order valence-corrected chi connectivity index (χ3v) is 6.62. The highest BCUT2D eigenvalue weighted by Gasteiger charge is 2.25. The Morgan fingerprint density at radius 2 is 1.66 bits per heavy atom. The minimum absolute atomic E-state index is 0.0398. The second kappa shape index (κ2) is 11.6. The van der Waals surface area contributed by atoms with Crippen molar-refractivity contribution in [2.24, 2.45) is 0 Å². The number of nitrogens with one attached hydrogen (secondary N) is 1. The van der Waals surface area contributed by atoms with E-state index in [0.717, 1.165) is 4.90 Å². The van der Waals surface area contributed by atoms with Crippen LogP contribution in [0, 0.1) is 0 Å². The molecule has 0 aliphatic carbocycles. The van der Waals surface area contributed by atoms with Crippen LogP contribution in [-0.4, -0.2) is 72.8 Å². The molecule has 9 nitrogen and oxygen atoms in total. The van der Waals surface area contributed by atoms with Gasteiger partial charge in [-0.1, -0.05) is 12.1 Å². The first-order valence-electron chi connectivity index (χ1n) is 11.1. The van der Waals surface area contributed by atoms with Crippen LogP contribution in [0.3, 0.4) is 0 Å². The second-order valence-electron chi connectivity index (χ2n) is 7.73. The standard InChI is InChI=1S/C25H27N5O4S/c1-33-20-9-8-18(16-21(20)34-2)28-23(31)17-35-22-7-4-3-6-19(22)24(32)29-12-14-30(15-13-29)25-26-10-5-11-27-25/h3-11,16H,12-15,17H2,1-2H3,(H,28,31). The molecule has 0 atom stereocenters. The van der Waals surface area contributed by atoms with Gasteiger partial charge in [0, 0.05) is 55.2 Å². The normalized spacial score (nSPS) is 13.3. The van der Waals surface area contributed by atoms with E-state index in [1.54, 1.807) is 50.9 Å². The Hall–Kier alpha value is -3.79. The zero-order chi connectivity index (χ0) is 24.6. The van der Waals surface area contributed by atoms with Crippen LogP contribution in [0.2, 0.25) is 0 Å². The van der Waals surface area contributed by atoms with Crippen molar-refractivity contribution >= 4 is 35.2 Å². The number of nitrogens with zero attached hydrogens (tertiary/aromatic N) is 4. The highest BCUT2D eigenvalue weighted by atomic mass is 32.2. The van der Waals surface area contributed by atoms with Crippen molar-refractivity contribution in [1.29, 1.82) is 0 Å². The summed E-state index contributed by atoms with van der Waals surface area (Å²) in [5, 5.41) is 2.86. The number of benzene rings is 2. The summed E-state index contributed by atoms with van der Waals surface area (Å²) in [6.45, 7) is 2.49. The Balaban J connectivity index is 1.35. The quantitative estimate of drug-likeness (QED) is 0.478. The van der Waals surface area contributed by atoms with Crippen LogP contribution in [0.5, 0.6) is 11.5 Å².